The van der Waals surface area contributed by atoms with E-state index in [9.17, 15) is 13.2 Å². The Morgan fingerprint density at radius 2 is 1.97 bits per heavy atom. The van der Waals surface area contributed by atoms with Gasteiger partial charge in [-0.2, -0.15) is 0 Å². The second-order valence-corrected chi connectivity index (χ2v) is 10.3. The fraction of sp³-hybridized carbons (Fsp3) is 0.190. The van der Waals surface area contributed by atoms with Gasteiger partial charge in [0.15, 0.2) is 15.6 Å². The van der Waals surface area contributed by atoms with Crippen LogP contribution in [0, 0.1) is 0 Å². The fourth-order valence-electron chi connectivity index (χ4n) is 3.30. The summed E-state index contributed by atoms with van der Waals surface area (Å²) in [4.78, 5) is 14.2. The molecular weight excluding hydrogens is 430 g/mol. The molecule has 0 fully saturated rings. The van der Waals surface area contributed by atoms with E-state index in [1.807, 2.05) is 18.2 Å². The number of furan rings is 1. The molecule has 0 bridgehead atoms. The van der Waals surface area contributed by atoms with Gasteiger partial charge in [-0.1, -0.05) is 29.8 Å². The number of carbonyl (C=O) groups is 1. The van der Waals surface area contributed by atoms with Gasteiger partial charge in [-0.05, 0) is 48.4 Å². The lowest BCUT2D eigenvalue weighted by Crippen LogP contribution is -2.31. The van der Waals surface area contributed by atoms with Crippen molar-refractivity contribution in [1.82, 2.24) is 5.32 Å². The molecule has 1 amide bonds. The van der Waals surface area contributed by atoms with Crippen molar-refractivity contribution in [2.75, 3.05) is 5.75 Å². The van der Waals surface area contributed by atoms with E-state index in [0.29, 0.717) is 10.6 Å². The number of halogens is 1. The molecule has 5 nitrogen and oxygen atoms in total. The maximum atomic E-state index is 12.9. The van der Waals surface area contributed by atoms with Crippen molar-refractivity contribution >= 4 is 39.1 Å². The lowest BCUT2D eigenvalue weighted by atomic mass is 10.0. The van der Waals surface area contributed by atoms with E-state index < -0.39 is 15.7 Å². The molecule has 1 atom stereocenters. The van der Waals surface area contributed by atoms with Crippen LogP contribution in [0.15, 0.2) is 75.1 Å². The number of carbonyl (C=O) groups excluding carboxylic acids is 1. The second-order valence-electron chi connectivity index (χ2n) is 6.69. The zero-order valence-corrected chi connectivity index (χ0v) is 17.7. The van der Waals surface area contributed by atoms with Crippen LogP contribution in [0.1, 0.15) is 34.1 Å². The molecule has 1 aliphatic rings. The van der Waals surface area contributed by atoms with E-state index in [1.165, 1.54) is 24.5 Å². The van der Waals surface area contributed by atoms with Crippen molar-refractivity contribution in [3.8, 4) is 0 Å². The van der Waals surface area contributed by atoms with E-state index >= 15 is 0 Å². The predicted octanol–water partition coefficient (Wildman–Crippen LogP) is 4.87. The van der Waals surface area contributed by atoms with Crippen molar-refractivity contribution in [2.45, 2.75) is 28.0 Å². The first kappa shape index (κ1) is 20.1. The highest BCUT2D eigenvalue weighted by atomic mass is 35.5. The van der Waals surface area contributed by atoms with Gasteiger partial charge in [-0.25, -0.2) is 8.42 Å². The molecule has 0 saturated carbocycles. The summed E-state index contributed by atoms with van der Waals surface area (Å²) in [6.45, 7) is 0. The normalized spacial score (nSPS) is 16.2. The number of thioether (sulfide) groups is 1. The number of nitrogens with one attached hydrogen (secondary N) is 1. The van der Waals surface area contributed by atoms with Gasteiger partial charge in [-0.15, -0.1) is 11.8 Å². The van der Waals surface area contributed by atoms with Gasteiger partial charge in [0, 0.05) is 21.2 Å². The average molecular weight is 448 g/mol. The SMILES string of the molecule is O=C(N[C@H]1CCSc2ccc(Cl)cc21)c1occc1CS(=O)(=O)c1ccccc1. The van der Waals surface area contributed by atoms with E-state index in [1.54, 1.807) is 30.0 Å². The first-order valence-corrected chi connectivity index (χ1v) is 12.0. The van der Waals surface area contributed by atoms with Crippen molar-refractivity contribution in [2.24, 2.45) is 0 Å². The van der Waals surface area contributed by atoms with Crippen LogP contribution >= 0.6 is 23.4 Å². The van der Waals surface area contributed by atoms with Crippen LogP contribution in [-0.2, 0) is 15.6 Å². The Bertz CT molecular complexity index is 1140. The van der Waals surface area contributed by atoms with E-state index in [4.69, 9.17) is 16.0 Å². The van der Waals surface area contributed by atoms with Crippen molar-refractivity contribution in [3.63, 3.8) is 0 Å². The number of sulfone groups is 1. The summed E-state index contributed by atoms with van der Waals surface area (Å²) in [6, 6.07) is 15.1. The molecule has 1 N–H and O–H groups in total. The first-order chi connectivity index (χ1) is 13.9. The zero-order chi connectivity index (χ0) is 20.4. The molecule has 4 rings (SSSR count). The minimum Gasteiger partial charge on any atom is -0.459 e. The lowest BCUT2D eigenvalue weighted by Gasteiger charge is -2.26. The Balaban J connectivity index is 1.55. The molecule has 0 saturated heterocycles. The summed E-state index contributed by atoms with van der Waals surface area (Å²) < 4.78 is 30.7. The molecule has 1 aromatic heterocycles. The minimum absolute atomic E-state index is 0.0197. The smallest absolute Gasteiger partial charge is 0.287 e. The topological polar surface area (TPSA) is 76.4 Å². The highest BCUT2D eigenvalue weighted by Gasteiger charge is 2.27. The molecule has 2 heterocycles. The van der Waals surface area contributed by atoms with Crippen molar-refractivity contribution in [1.29, 1.82) is 0 Å². The van der Waals surface area contributed by atoms with E-state index in [0.717, 1.165) is 22.6 Å². The van der Waals surface area contributed by atoms with Crippen LogP contribution in [0.2, 0.25) is 5.02 Å². The summed E-state index contributed by atoms with van der Waals surface area (Å²) in [7, 11) is -3.59. The molecule has 0 spiro atoms. The monoisotopic (exact) mass is 447 g/mol. The average Bonchev–Trinajstić information content (AvgIpc) is 3.16. The molecule has 0 unspecified atom stereocenters. The van der Waals surface area contributed by atoms with Crippen LogP contribution in [0.3, 0.4) is 0 Å². The van der Waals surface area contributed by atoms with E-state index in [2.05, 4.69) is 5.32 Å². The molecule has 1 aliphatic heterocycles. The minimum atomic E-state index is -3.59. The number of hydrogen-bond donors (Lipinski definition) is 1. The predicted molar refractivity (Wildman–Crippen MR) is 113 cm³/mol. The molecular formula is C21H18ClNO4S2. The lowest BCUT2D eigenvalue weighted by molar-refractivity contribution is 0.0906. The van der Waals surface area contributed by atoms with Gasteiger partial charge in [0.1, 0.15) is 0 Å². The summed E-state index contributed by atoms with van der Waals surface area (Å²) in [5, 5.41) is 3.58. The summed E-state index contributed by atoms with van der Waals surface area (Å²) in [6.07, 6.45) is 2.09. The Morgan fingerprint density at radius 1 is 1.17 bits per heavy atom. The molecule has 150 valence electrons. The van der Waals surface area contributed by atoms with Crippen LogP contribution in [0.5, 0.6) is 0 Å². The molecule has 8 heteroatoms. The summed E-state index contributed by atoms with van der Waals surface area (Å²) in [5.74, 6) is 0.147. The van der Waals surface area contributed by atoms with Crippen LogP contribution in [-0.4, -0.2) is 20.1 Å². The number of benzene rings is 2. The third kappa shape index (κ3) is 4.37. The largest absolute Gasteiger partial charge is 0.459 e. The third-order valence-corrected chi connectivity index (χ3v) is 7.76. The summed E-state index contributed by atoms with van der Waals surface area (Å²) in [5.41, 5.74) is 1.30. The molecule has 0 radical (unpaired) electrons. The van der Waals surface area contributed by atoms with Crippen molar-refractivity contribution < 1.29 is 17.6 Å². The summed E-state index contributed by atoms with van der Waals surface area (Å²) >= 11 is 7.85. The molecule has 0 aliphatic carbocycles. The molecule has 3 aromatic rings. The Morgan fingerprint density at radius 3 is 2.76 bits per heavy atom. The van der Waals surface area contributed by atoms with Crippen LogP contribution in [0.25, 0.3) is 0 Å². The maximum Gasteiger partial charge on any atom is 0.287 e. The quantitative estimate of drug-likeness (QED) is 0.603. The number of amides is 1. The third-order valence-electron chi connectivity index (χ3n) is 4.72. The Hall–Kier alpha value is -2.22. The van der Waals surface area contributed by atoms with Gasteiger partial charge in [0.25, 0.3) is 5.91 Å². The van der Waals surface area contributed by atoms with Crippen LogP contribution in [0.4, 0.5) is 0 Å². The van der Waals surface area contributed by atoms with Gasteiger partial charge in [0.2, 0.25) is 0 Å². The van der Waals surface area contributed by atoms with E-state index in [-0.39, 0.29) is 22.5 Å². The van der Waals surface area contributed by atoms with Gasteiger partial charge in [-0.3, -0.25) is 4.79 Å². The maximum absolute atomic E-state index is 12.9. The highest BCUT2D eigenvalue weighted by molar-refractivity contribution is 7.99. The first-order valence-electron chi connectivity index (χ1n) is 9.01. The number of rotatable bonds is 5. The zero-order valence-electron chi connectivity index (χ0n) is 15.3. The van der Waals surface area contributed by atoms with Crippen molar-refractivity contribution in [3.05, 3.63) is 82.8 Å². The molecule has 29 heavy (non-hydrogen) atoms. The van der Waals surface area contributed by atoms with Crippen LogP contribution < -0.4 is 5.32 Å². The standard InChI is InChI=1S/C21H18ClNO4S2/c22-15-6-7-19-17(12-15)18(9-11-28-19)23-21(24)20-14(8-10-27-20)13-29(25,26)16-4-2-1-3-5-16/h1-8,10,12,18H,9,11,13H2,(H,23,24)/t18-/m0/s1. The Labute approximate surface area is 178 Å². The van der Waals surface area contributed by atoms with Gasteiger partial charge in [0.05, 0.1) is 23.0 Å². The number of hydrogen-bond acceptors (Lipinski definition) is 5. The second kappa shape index (κ2) is 8.26. The highest BCUT2D eigenvalue weighted by Crippen LogP contribution is 2.37. The Kier molecular flexibility index (Phi) is 5.72. The fourth-order valence-corrected chi connectivity index (χ4v) is 5.96. The van der Waals surface area contributed by atoms with Gasteiger partial charge < -0.3 is 9.73 Å². The number of fused-ring (bicyclic) bond motifs is 1. The molecule has 2 aromatic carbocycles. The van der Waals surface area contributed by atoms with Gasteiger partial charge >= 0.3 is 0 Å².